The smallest absolute Gasteiger partial charge is 0.475 e. The maximum Gasteiger partial charge on any atom is 0.490 e. The van der Waals surface area contributed by atoms with E-state index in [0.29, 0.717) is 21.9 Å². The van der Waals surface area contributed by atoms with Gasteiger partial charge in [-0.25, -0.2) is 9.78 Å². The summed E-state index contributed by atoms with van der Waals surface area (Å²) >= 11 is 12.2. The lowest BCUT2D eigenvalue weighted by Crippen LogP contribution is -2.21. The van der Waals surface area contributed by atoms with Crippen molar-refractivity contribution in [2.75, 3.05) is 5.32 Å². The Labute approximate surface area is 220 Å². The van der Waals surface area contributed by atoms with Crippen molar-refractivity contribution < 1.29 is 32.7 Å². The quantitative estimate of drug-likeness (QED) is 0.184. The molecule has 0 saturated carbocycles. The van der Waals surface area contributed by atoms with Crippen molar-refractivity contribution in [2.45, 2.75) is 12.7 Å². The fourth-order valence-corrected chi connectivity index (χ4v) is 3.37. The topological polar surface area (TPSA) is 167 Å². The number of hydrogen-bond donors (Lipinski definition) is 3. The molecule has 11 nitrogen and oxygen atoms in total. The van der Waals surface area contributed by atoms with E-state index in [1.165, 1.54) is 30.3 Å². The number of pyridine rings is 1. The monoisotopic (exact) mass is 568 g/mol. The highest BCUT2D eigenvalue weighted by atomic mass is 35.5. The standard InChI is InChI=1S/C20H12Cl2N6O3.C2HF3O2/c21-12-4-11(9-23)5-13(6-12)31-19-8-16(18(28(29)30)7-15(19)22)25-10-17-14-2-1-3-24-20(14)27-26-17;3-2(4,5)1(6)7/h1-8,25H,10H2,(H,24,26,27);(H,6,7). The van der Waals surface area contributed by atoms with Gasteiger partial charge in [0, 0.05) is 28.7 Å². The number of anilines is 1. The fraction of sp³-hybridized carbons (Fsp3) is 0.0909. The molecule has 0 aliphatic carbocycles. The first-order valence-electron chi connectivity index (χ1n) is 10.1. The van der Waals surface area contributed by atoms with Gasteiger partial charge in [-0.15, -0.1) is 0 Å². The zero-order valence-electron chi connectivity index (χ0n) is 18.6. The molecule has 4 aromatic rings. The minimum atomic E-state index is -5.08. The van der Waals surface area contributed by atoms with Crippen molar-refractivity contribution >= 4 is 51.6 Å². The van der Waals surface area contributed by atoms with Crippen LogP contribution < -0.4 is 10.1 Å². The third-order valence-corrected chi connectivity index (χ3v) is 5.10. The molecule has 4 rings (SSSR count). The van der Waals surface area contributed by atoms with Crippen LogP contribution in [0.5, 0.6) is 11.5 Å². The molecular weight excluding hydrogens is 556 g/mol. The molecule has 2 heterocycles. The maximum absolute atomic E-state index is 11.5. The van der Waals surface area contributed by atoms with Crippen molar-refractivity contribution in [2.24, 2.45) is 0 Å². The summed E-state index contributed by atoms with van der Waals surface area (Å²) in [7, 11) is 0. The van der Waals surface area contributed by atoms with Gasteiger partial charge < -0.3 is 15.2 Å². The molecule has 0 amide bonds. The second-order valence-corrected chi connectivity index (χ2v) is 8.02. The van der Waals surface area contributed by atoms with Crippen LogP contribution in [0.3, 0.4) is 0 Å². The first-order chi connectivity index (χ1) is 17.9. The van der Waals surface area contributed by atoms with E-state index in [1.807, 2.05) is 12.1 Å². The number of benzene rings is 2. The number of hydrogen-bond acceptors (Lipinski definition) is 8. The maximum atomic E-state index is 11.5. The van der Waals surface area contributed by atoms with E-state index in [9.17, 15) is 23.3 Å². The van der Waals surface area contributed by atoms with Crippen LogP contribution in [0.25, 0.3) is 11.0 Å². The summed E-state index contributed by atoms with van der Waals surface area (Å²) in [6.45, 7) is 0.222. The van der Waals surface area contributed by atoms with Crippen LogP contribution >= 0.6 is 23.2 Å². The lowest BCUT2D eigenvalue weighted by molar-refractivity contribution is -0.384. The van der Waals surface area contributed by atoms with Crippen molar-refractivity contribution in [3.05, 3.63) is 80.1 Å². The molecule has 0 aliphatic heterocycles. The van der Waals surface area contributed by atoms with Gasteiger partial charge in [-0.2, -0.15) is 23.5 Å². The molecule has 0 unspecified atom stereocenters. The van der Waals surface area contributed by atoms with Crippen molar-refractivity contribution in [3.63, 3.8) is 0 Å². The molecule has 0 bridgehead atoms. The SMILES string of the molecule is N#Cc1cc(Cl)cc(Oc2cc(NCc3[nH]nc4ncccc34)c([N+](=O)[O-])cc2Cl)c1.O=C(O)C(F)(F)F. The third kappa shape index (κ3) is 6.99. The van der Waals surface area contributed by atoms with Gasteiger partial charge in [-0.05, 0) is 30.3 Å². The summed E-state index contributed by atoms with van der Waals surface area (Å²) in [6, 6.07) is 12.7. The number of nitro groups is 1. The average molecular weight is 569 g/mol. The molecule has 0 aliphatic rings. The highest BCUT2D eigenvalue weighted by molar-refractivity contribution is 6.32. The van der Waals surface area contributed by atoms with Crippen LogP contribution in [0.1, 0.15) is 11.3 Å². The molecule has 38 heavy (non-hydrogen) atoms. The summed E-state index contributed by atoms with van der Waals surface area (Å²) in [5.74, 6) is -2.32. The second kappa shape index (κ2) is 11.6. The molecular formula is C22H13Cl2F3N6O5. The number of ether oxygens (including phenoxy) is 1. The number of aliphatic carboxylic acids is 1. The number of nitrogens with one attached hydrogen (secondary N) is 2. The highest BCUT2D eigenvalue weighted by Gasteiger charge is 2.38. The van der Waals surface area contributed by atoms with Gasteiger partial charge in [0.05, 0.1) is 33.8 Å². The largest absolute Gasteiger partial charge is 0.490 e. The van der Waals surface area contributed by atoms with Crippen molar-refractivity contribution in [1.82, 2.24) is 15.2 Å². The van der Waals surface area contributed by atoms with E-state index in [4.69, 9.17) is 43.1 Å². The van der Waals surface area contributed by atoms with E-state index in [2.05, 4.69) is 20.5 Å². The van der Waals surface area contributed by atoms with E-state index < -0.39 is 17.1 Å². The Morgan fingerprint density at radius 1 is 1.26 bits per heavy atom. The molecule has 2 aromatic carbocycles. The first-order valence-corrected chi connectivity index (χ1v) is 10.8. The molecule has 0 radical (unpaired) electrons. The molecule has 3 N–H and O–H groups in total. The van der Waals surface area contributed by atoms with Gasteiger partial charge in [0.1, 0.15) is 17.2 Å². The average Bonchev–Trinajstić information content (AvgIpc) is 3.26. The van der Waals surface area contributed by atoms with Crippen LogP contribution in [0.15, 0.2) is 48.7 Å². The zero-order valence-corrected chi connectivity index (χ0v) is 20.1. The molecule has 196 valence electrons. The number of halogens is 5. The number of fused-ring (bicyclic) bond motifs is 1. The summed E-state index contributed by atoms with van der Waals surface area (Å²) < 4.78 is 37.5. The predicted octanol–water partition coefficient (Wildman–Crippen LogP) is 6.08. The third-order valence-electron chi connectivity index (χ3n) is 4.58. The summed E-state index contributed by atoms with van der Waals surface area (Å²) in [4.78, 5) is 24.0. The van der Waals surface area contributed by atoms with E-state index in [1.54, 1.807) is 12.3 Å². The molecule has 2 aromatic heterocycles. The summed E-state index contributed by atoms with van der Waals surface area (Å²) in [6.07, 6.45) is -3.46. The lowest BCUT2D eigenvalue weighted by Gasteiger charge is -2.12. The number of aromatic nitrogens is 3. The van der Waals surface area contributed by atoms with Gasteiger partial charge in [-0.1, -0.05) is 23.2 Å². The van der Waals surface area contributed by atoms with Crippen LogP contribution in [-0.2, 0) is 11.3 Å². The van der Waals surface area contributed by atoms with Gasteiger partial charge >= 0.3 is 12.1 Å². The normalized spacial score (nSPS) is 10.7. The highest BCUT2D eigenvalue weighted by Crippen LogP contribution is 2.39. The number of nitriles is 1. The van der Waals surface area contributed by atoms with Gasteiger partial charge in [-0.3, -0.25) is 15.2 Å². The Kier molecular flexibility index (Phi) is 8.56. The predicted molar refractivity (Wildman–Crippen MR) is 129 cm³/mol. The van der Waals surface area contributed by atoms with Crippen LogP contribution in [0.2, 0.25) is 10.0 Å². The Bertz CT molecular complexity index is 1560. The van der Waals surface area contributed by atoms with Crippen LogP contribution in [0, 0.1) is 21.4 Å². The zero-order chi connectivity index (χ0) is 28.0. The number of nitro benzene ring substituents is 1. The van der Waals surface area contributed by atoms with Crippen molar-refractivity contribution in [1.29, 1.82) is 5.26 Å². The minimum absolute atomic E-state index is 0.0342. The van der Waals surface area contributed by atoms with Gasteiger partial charge in [0.25, 0.3) is 5.69 Å². The molecule has 0 fully saturated rings. The van der Waals surface area contributed by atoms with Crippen LogP contribution in [0.4, 0.5) is 24.5 Å². The van der Waals surface area contributed by atoms with E-state index >= 15 is 0 Å². The molecule has 0 atom stereocenters. The summed E-state index contributed by atoms with van der Waals surface area (Å²) in [5.41, 5.74) is 1.53. The Morgan fingerprint density at radius 2 is 1.97 bits per heavy atom. The molecule has 0 spiro atoms. The van der Waals surface area contributed by atoms with E-state index in [-0.39, 0.29) is 34.4 Å². The number of nitrogens with zero attached hydrogens (tertiary/aromatic N) is 4. The number of aromatic amines is 1. The first kappa shape index (κ1) is 28.0. The van der Waals surface area contributed by atoms with Crippen LogP contribution in [-0.4, -0.2) is 37.4 Å². The van der Waals surface area contributed by atoms with Gasteiger partial charge in [0.2, 0.25) is 0 Å². The Balaban J connectivity index is 0.000000505. The number of H-pyrrole nitrogens is 1. The fourth-order valence-electron chi connectivity index (χ4n) is 2.95. The number of carboxylic acid groups (broad SMARTS) is 1. The molecule has 0 saturated heterocycles. The Hall–Kier alpha value is -4.61. The van der Waals surface area contributed by atoms with Gasteiger partial charge in [0.15, 0.2) is 5.65 Å². The summed E-state index contributed by atoms with van der Waals surface area (Å²) in [5, 5.41) is 38.9. The second-order valence-electron chi connectivity index (χ2n) is 7.18. The van der Waals surface area contributed by atoms with Crippen molar-refractivity contribution in [3.8, 4) is 17.6 Å². The molecule has 16 heteroatoms. The number of carboxylic acids is 1. The minimum Gasteiger partial charge on any atom is -0.475 e. The number of rotatable bonds is 6. The lowest BCUT2D eigenvalue weighted by atomic mass is 10.2. The Morgan fingerprint density at radius 3 is 2.61 bits per heavy atom. The van der Waals surface area contributed by atoms with E-state index in [0.717, 1.165) is 5.39 Å². The number of carbonyl (C=O) groups is 1. The number of alkyl halides is 3.